The van der Waals surface area contributed by atoms with E-state index in [2.05, 4.69) is 4.72 Å². The fourth-order valence-electron chi connectivity index (χ4n) is 3.34. The van der Waals surface area contributed by atoms with Crippen LogP contribution in [0.2, 0.25) is 0 Å². The second-order valence-corrected chi connectivity index (χ2v) is 8.17. The third-order valence-corrected chi connectivity index (χ3v) is 6.03. The molecule has 0 saturated heterocycles. The summed E-state index contributed by atoms with van der Waals surface area (Å²) in [6.07, 6.45) is 2.46. The van der Waals surface area contributed by atoms with Crippen molar-refractivity contribution >= 4 is 38.0 Å². The monoisotopic (exact) mass is 379 g/mol. The number of anilines is 1. The molecule has 0 atom stereocenters. The van der Waals surface area contributed by atoms with Crippen molar-refractivity contribution in [2.75, 3.05) is 4.72 Å². The number of carbonyl (C=O) groups is 1. The average molecular weight is 379 g/mol. The minimum atomic E-state index is -3.75. The lowest BCUT2D eigenvalue weighted by Gasteiger charge is -2.11. The van der Waals surface area contributed by atoms with Crippen LogP contribution in [0, 0.1) is 0 Å². The van der Waals surface area contributed by atoms with Gasteiger partial charge < -0.3 is 5.11 Å². The maximum Gasteiger partial charge on any atom is 0.307 e. The molecular formula is C21H17NO4S. The van der Waals surface area contributed by atoms with E-state index in [-0.39, 0.29) is 11.3 Å². The van der Waals surface area contributed by atoms with Gasteiger partial charge in [0, 0.05) is 5.69 Å². The van der Waals surface area contributed by atoms with Gasteiger partial charge in [0.15, 0.2) is 0 Å². The van der Waals surface area contributed by atoms with E-state index < -0.39 is 16.0 Å². The maximum atomic E-state index is 12.8. The summed E-state index contributed by atoms with van der Waals surface area (Å²) >= 11 is 0. The number of hydrogen-bond acceptors (Lipinski definition) is 3. The highest BCUT2D eigenvalue weighted by Crippen LogP contribution is 2.32. The average Bonchev–Trinajstić information content (AvgIpc) is 3.02. The number of benzene rings is 3. The van der Waals surface area contributed by atoms with Crippen molar-refractivity contribution in [3.8, 4) is 0 Å². The number of carboxylic acids is 1. The molecular weight excluding hydrogens is 362 g/mol. The van der Waals surface area contributed by atoms with Crippen molar-refractivity contribution in [2.45, 2.75) is 17.7 Å². The second kappa shape index (κ2) is 6.55. The Hall–Kier alpha value is -3.12. The smallest absolute Gasteiger partial charge is 0.307 e. The van der Waals surface area contributed by atoms with Crippen molar-refractivity contribution in [3.63, 3.8) is 0 Å². The number of hydrogen-bond donors (Lipinski definition) is 2. The van der Waals surface area contributed by atoms with Gasteiger partial charge in [-0.15, -0.1) is 0 Å². The van der Waals surface area contributed by atoms with Gasteiger partial charge in [-0.05, 0) is 58.2 Å². The zero-order valence-corrected chi connectivity index (χ0v) is 15.2. The summed E-state index contributed by atoms with van der Waals surface area (Å²) in [4.78, 5) is 11.2. The van der Waals surface area contributed by atoms with Crippen LogP contribution in [0.3, 0.4) is 0 Å². The summed E-state index contributed by atoms with van der Waals surface area (Å²) in [5, 5.41) is 10.9. The number of sulfonamides is 1. The first-order valence-electron chi connectivity index (χ1n) is 8.48. The van der Waals surface area contributed by atoms with Gasteiger partial charge in [-0.3, -0.25) is 9.52 Å². The lowest BCUT2D eigenvalue weighted by Crippen LogP contribution is -2.13. The summed E-state index contributed by atoms with van der Waals surface area (Å²) in [6.45, 7) is 0. The first-order valence-corrected chi connectivity index (χ1v) is 9.96. The van der Waals surface area contributed by atoms with E-state index in [1.807, 2.05) is 36.4 Å². The molecule has 0 unspecified atom stereocenters. The Labute approximate surface area is 157 Å². The number of aliphatic carboxylic acids is 1. The summed E-state index contributed by atoms with van der Waals surface area (Å²) in [5.74, 6) is -0.906. The first kappa shape index (κ1) is 17.3. The van der Waals surface area contributed by atoms with Crippen molar-refractivity contribution in [2.24, 2.45) is 0 Å². The zero-order chi connectivity index (χ0) is 19.0. The molecule has 27 heavy (non-hydrogen) atoms. The van der Waals surface area contributed by atoms with Crippen LogP contribution in [0.4, 0.5) is 5.69 Å². The number of fused-ring (bicyclic) bond motifs is 2. The van der Waals surface area contributed by atoms with Crippen LogP contribution in [0.25, 0.3) is 16.3 Å². The molecule has 0 fully saturated rings. The van der Waals surface area contributed by atoms with Crippen LogP contribution in [0.15, 0.2) is 71.6 Å². The van der Waals surface area contributed by atoms with Crippen molar-refractivity contribution < 1.29 is 18.3 Å². The quantitative estimate of drug-likeness (QED) is 0.700. The molecule has 0 radical (unpaired) electrons. The molecule has 4 rings (SSSR count). The van der Waals surface area contributed by atoms with Crippen LogP contribution < -0.4 is 4.72 Å². The summed E-state index contributed by atoms with van der Waals surface area (Å²) in [5.41, 5.74) is 2.92. The molecule has 0 aromatic heterocycles. The van der Waals surface area contributed by atoms with E-state index in [4.69, 9.17) is 5.11 Å². The van der Waals surface area contributed by atoms with Crippen LogP contribution >= 0.6 is 0 Å². The molecule has 1 aliphatic rings. The van der Waals surface area contributed by atoms with Gasteiger partial charge >= 0.3 is 5.97 Å². The van der Waals surface area contributed by atoms with E-state index in [1.165, 1.54) is 0 Å². The minimum Gasteiger partial charge on any atom is -0.481 e. The number of nitrogens with one attached hydrogen (secondary N) is 1. The summed E-state index contributed by atoms with van der Waals surface area (Å²) < 4.78 is 28.2. The van der Waals surface area contributed by atoms with Gasteiger partial charge in [-0.25, -0.2) is 8.42 Å². The van der Waals surface area contributed by atoms with Crippen molar-refractivity contribution in [1.29, 1.82) is 0 Å². The van der Waals surface area contributed by atoms with Crippen molar-refractivity contribution in [3.05, 3.63) is 77.9 Å². The molecule has 0 amide bonds. The van der Waals surface area contributed by atoms with Gasteiger partial charge in [0.25, 0.3) is 10.0 Å². The third-order valence-electron chi connectivity index (χ3n) is 4.65. The lowest BCUT2D eigenvalue weighted by atomic mass is 10.0. The van der Waals surface area contributed by atoms with Crippen LogP contribution in [0.1, 0.15) is 17.5 Å². The van der Waals surface area contributed by atoms with E-state index in [0.717, 1.165) is 21.9 Å². The Morgan fingerprint density at radius 2 is 1.78 bits per heavy atom. The highest BCUT2D eigenvalue weighted by atomic mass is 32.2. The van der Waals surface area contributed by atoms with Crippen LogP contribution in [-0.4, -0.2) is 19.5 Å². The zero-order valence-electron chi connectivity index (χ0n) is 14.3. The molecule has 5 nitrogen and oxygen atoms in total. The van der Waals surface area contributed by atoms with Gasteiger partial charge in [0.1, 0.15) is 0 Å². The van der Waals surface area contributed by atoms with Crippen molar-refractivity contribution in [1.82, 2.24) is 0 Å². The van der Waals surface area contributed by atoms with Gasteiger partial charge in [-0.1, -0.05) is 42.5 Å². The summed E-state index contributed by atoms with van der Waals surface area (Å²) in [7, 11) is -3.75. The van der Waals surface area contributed by atoms with E-state index in [1.54, 1.807) is 30.3 Å². The topological polar surface area (TPSA) is 83.5 Å². The highest BCUT2D eigenvalue weighted by molar-refractivity contribution is 7.92. The van der Waals surface area contributed by atoms with E-state index >= 15 is 0 Å². The maximum absolute atomic E-state index is 12.8. The number of rotatable bonds is 5. The minimum absolute atomic E-state index is 0.0755. The second-order valence-electron chi connectivity index (χ2n) is 6.49. The Balaban J connectivity index is 1.65. The molecule has 6 heteroatoms. The van der Waals surface area contributed by atoms with Crippen LogP contribution in [-0.2, 0) is 21.2 Å². The van der Waals surface area contributed by atoms with Gasteiger partial charge in [0.05, 0.1) is 11.3 Å². The molecule has 0 aliphatic heterocycles. The Bertz CT molecular complexity index is 1200. The standard InChI is InChI=1S/C21H17NO4S/c23-21(24)12-17-6-5-15-7-9-18(13-20(15)17)22-27(25,26)19-10-8-14-3-1-2-4-16(14)11-19/h1-4,6-11,13,22H,5,12H2,(H,23,24). The molecule has 3 aromatic carbocycles. The Morgan fingerprint density at radius 1 is 1.00 bits per heavy atom. The molecule has 0 heterocycles. The molecule has 3 aromatic rings. The Morgan fingerprint density at radius 3 is 2.56 bits per heavy atom. The Kier molecular flexibility index (Phi) is 4.20. The van der Waals surface area contributed by atoms with Gasteiger partial charge in [-0.2, -0.15) is 0 Å². The van der Waals surface area contributed by atoms with Crippen LogP contribution in [0.5, 0.6) is 0 Å². The predicted molar refractivity (Wildman–Crippen MR) is 105 cm³/mol. The normalized spacial score (nSPS) is 13.3. The molecule has 2 N–H and O–H groups in total. The molecule has 136 valence electrons. The lowest BCUT2D eigenvalue weighted by molar-refractivity contribution is -0.135. The fourth-order valence-corrected chi connectivity index (χ4v) is 4.42. The molecule has 0 bridgehead atoms. The number of carboxylic acid groups (broad SMARTS) is 1. The van der Waals surface area contributed by atoms with E-state index in [9.17, 15) is 13.2 Å². The largest absolute Gasteiger partial charge is 0.481 e. The summed E-state index contributed by atoms with van der Waals surface area (Å²) in [6, 6.07) is 17.8. The first-order chi connectivity index (χ1) is 12.9. The van der Waals surface area contributed by atoms with Gasteiger partial charge in [0.2, 0.25) is 0 Å². The SMILES string of the molecule is O=C(O)CC1=CCc2ccc(NS(=O)(=O)c3ccc4ccccc4c3)cc21. The molecule has 0 spiro atoms. The fraction of sp³-hybridized carbons (Fsp3) is 0.0952. The number of allylic oxidation sites excluding steroid dienone is 1. The molecule has 1 aliphatic carbocycles. The highest BCUT2D eigenvalue weighted by Gasteiger charge is 2.19. The third kappa shape index (κ3) is 3.44. The molecule has 0 saturated carbocycles. The predicted octanol–water partition coefficient (Wildman–Crippen LogP) is 4.05. The van der Waals surface area contributed by atoms with E-state index in [0.29, 0.717) is 17.7 Å².